The van der Waals surface area contributed by atoms with Crippen molar-refractivity contribution in [2.45, 2.75) is 0 Å². The van der Waals surface area contributed by atoms with Crippen LogP contribution in [0.5, 0.6) is 0 Å². The highest BCUT2D eigenvalue weighted by atomic mass is 79.9. The Bertz CT molecular complexity index is 264. The lowest BCUT2D eigenvalue weighted by Crippen LogP contribution is -2.25. The van der Waals surface area contributed by atoms with Crippen molar-refractivity contribution in [2.75, 3.05) is 38.7 Å². The minimum atomic E-state index is 0.762. The van der Waals surface area contributed by atoms with Gasteiger partial charge in [-0.15, -0.1) is 0 Å². The molecule has 0 spiro atoms. The van der Waals surface area contributed by atoms with Gasteiger partial charge in [0.25, 0.3) is 0 Å². The number of rotatable bonds is 7. The summed E-state index contributed by atoms with van der Waals surface area (Å²) >= 11 is 3.40. The van der Waals surface area contributed by atoms with Crippen LogP contribution in [0.2, 0.25) is 0 Å². The van der Waals surface area contributed by atoms with E-state index in [4.69, 9.17) is 4.74 Å². The molecule has 0 fully saturated rings. The molecule has 0 bridgehead atoms. The molecule has 15 heavy (non-hydrogen) atoms. The molecular formula is C11H17BrN2O. The topological polar surface area (TPSA) is 33.3 Å². The summed E-state index contributed by atoms with van der Waals surface area (Å²) in [6, 6.07) is 8.17. The molecule has 0 radical (unpaired) electrons. The third kappa shape index (κ3) is 5.77. The van der Waals surface area contributed by atoms with Crippen molar-refractivity contribution in [1.29, 1.82) is 0 Å². The molecule has 0 aliphatic carbocycles. The van der Waals surface area contributed by atoms with Gasteiger partial charge in [0.2, 0.25) is 0 Å². The SMILES string of the molecule is COCCNCCNc1ccc(Br)cc1. The van der Waals surface area contributed by atoms with Gasteiger partial charge in [0.1, 0.15) is 0 Å². The Morgan fingerprint density at radius 2 is 1.87 bits per heavy atom. The van der Waals surface area contributed by atoms with Crippen LogP contribution in [0.25, 0.3) is 0 Å². The summed E-state index contributed by atoms with van der Waals surface area (Å²) in [5.74, 6) is 0. The minimum absolute atomic E-state index is 0.762. The Hall–Kier alpha value is -0.580. The Balaban J connectivity index is 2.07. The van der Waals surface area contributed by atoms with Gasteiger partial charge in [-0.2, -0.15) is 0 Å². The first kappa shape index (κ1) is 12.5. The largest absolute Gasteiger partial charge is 0.384 e. The average molecular weight is 273 g/mol. The van der Waals surface area contributed by atoms with Gasteiger partial charge in [-0.25, -0.2) is 0 Å². The summed E-state index contributed by atoms with van der Waals surface area (Å²) < 4.78 is 6.03. The highest BCUT2D eigenvalue weighted by Crippen LogP contribution is 2.13. The van der Waals surface area contributed by atoms with Crippen LogP contribution in [0.1, 0.15) is 0 Å². The number of halogens is 1. The van der Waals surface area contributed by atoms with Crippen molar-refractivity contribution in [3.05, 3.63) is 28.7 Å². The summed E-state index contributed by atoms with van der Waals surface area (Å²) in [4.78, 5) is 0. The number of nitrogens with one attached hydrogen (secondary N) is 2. The van der Waals surface area contributed by atoms with E-state index in [0.29, 0.717) is 0 Å². The number of hydrogen-bond acceptors (Lipinski definition) is 3. The van der Waals surface area contributed by atoms with E-state index >= 15 is 0 Å². The molecule has 0 atom stereocenters. The van der Waals surface area contributed by atoms with E-state index in [9.17, 15) is 0 Å². The molecular weight excluding hydrogens is 256 g/mol. The smallest absolute Gasteiger partial charge is 0.0587 e. The lowest BCUT2D eigenvalue weighted by atomic mass is 10.3. The van der Waals surface area contributed by atoms with Crippen LogP contribution in [0, 0.1) is 0 Å². The molecule has 0 heterocycles. The van der Waals surface area contributed by atoms with Crippen LogP contribution in [0.3, 0.4) is 0 Å². The van der Waals surface area contributed by atoms with Gasteiger partial charge in [-0.05, 0) is 24.3 Å². The van der Waals surface area contributed by atoms with E-state index in [1.54, 1.807) is 7.11 Å². The Labute approximate surface area is 99.3 Å². The first-order valence-electron chi connectivity index (χ1n) is 5.02. The van der Waals surface area contributed by atoms with E-state index in [0.717, 1.165) is 36.4 Å². The Morgan fingerprint density at radius 1 is 1.13 bits per heavy atom. The van der Waals surface area contributed by atoms with Gasteiger partial charge in [0.15, 0.2) is 0 Å². The maximum atomic E-state index is 4.93. The van der Waals surface area contributed by atoms with Gasteiger partial charge in [-0.3, -0.25) is 0 Å². The monoisotopic (exact) mass is 272 g/mol. The van der Waals surface area contributed by atoms with E-state index in [1.165, 1.54) is 0 Å². The predicted octanol–water partition coefficient (Wildman–Crippen LogP) is 2.10. The number of benzene rings is 1. The van der Waals surface area contributed by atoms with Crippen LogP contribution in [0.15, 0.2) is 28.7 Å². The van der Waals surface area contributed by atoms with Crippen LogP contribution in [0.4, 0.5) is 5.69 Å². The molecule has 4 heteroatoms. The fourth-order valence-corrected chi connectivity index (χ4v) is 1.43. The third-order valence-electron chi connectivity index (χ3n) is 1.96. The molecule has 0 aliphatic rings. The minimum Gasteiger partial charge on any atom is -0.384 e. The molecule has 2 N–H and O–H groups in total. The lowest BCUT2D eigenvalue weighted by Gasteiger charge is -2.07. The normalized spacial score (nSPS) is 10.3. The van der Waals surface area contributed by atoms with Crippen molar-refractivity contribution in [1.82, 2.24) is 5.32 Å². The highest BCUT2D eigenvalue weighted by Gasteiger charge is 1.91. The second kappa shape index (κ2) is 7.68. The standard InChI is InChI=1S/C11H17BrN2O/c1-15-9-8-13-6-7-14-11-4-2-10(12)3-5-11/h2-5,13-14H,6-9H2,1H3. The van der Waals surface area contributed by atoms with Crippen LogP contribution in [-0.4, -0.2) is 33.4 Å². The van der Waals surface area contributed by atoms with Gasteiger partial charge in [0, 0.05) is 36.9 Å². The zero-order valence-electron chi connectivity index (χ0n) is 8.92. The van der Waals surface area contributed by atoms with E-state index in [1.807, 2.05) is 12.1 Å². The number of ether oxygens (including phenoxy) is 1. The fourth-order valence-electron chi connectivity index (χ4n) is 1.16. The molecule has 1 aromatic carbocycles. The summed E-state index contributed by atoms with van der Waals surface area (Å²) in [5.41, 5.74) is 1.15. The summed E-state index contributed by atoms with van der Waals surface area (Å²) in [6.45, 7) is 3.53. The van der Waals surface area contributed by atoms with Crippen LogP contribution < -0.4 is 10.6 Å². The van der Waals surface area contributed by atoms with Crippen molar-refractivity contribution < 1.29 is 4.74 Å². The quantitative estimate of drug-likeness (QED) is 0.746. The zero-order valence-corrected chi connectivity index (χ0v) is 10.5. The molecule has 0 amide bonds. The maximum Gasteiger partial charge on any atom is 0.0587 e. The second-order valence-corrected chi connectivity index (χ2v) is 4.09. The van der Waals surface area contributed by atoms with E-state index in [-0.39, 0.29) is 0 Å². The second-order valence-electron chi connectivity index (χ2n) is 3.18. The summed E-state index contributed by atoms with van der Waals surface area (Å²) in [7, 11) is 1.71. The molecule has 0 unspecified atom stereocenters. The predicted molar refractivity (Wildman–Crippen MR) is 67.4 cm³/mol. The van der Waals surface area contributed by atoms with Crippen LogP contribution >= 0.6 is 15.9 Å². The molecule has 1 rings (SSSR count). The zero-order chi connectivity index (χ0) is 10.9. The Kier molecular flexibility index (Phi) is 6.39. The fraction of sp³-hybridized carbons (Fsp3) is 0.455. The van der Waals surface area contributed by atoms with Gasteiger partial charge >= 0.3 is 0 Å². The van der Waals surface area contributed by atoms with E-state index < -0.39 is 0 Å². The van der Waals surface area contributed by atoms with Crippen molar-refractivity contribution >= 4 is 21.6 Å². The van der Waals surface area contributed by atoms with Crippen LogP contribution in [-0.2, 0) is 4.74 Å². The number of methoxy groups -OCH3 is 1. The number of hydrogen-bond donors (Lipinski definition) is 2. The highest BCUT2D eigenvalue weighted by molar-refractivity contribution is 9.10. The first-order chi connectivity index (χ1) is 7.33. The Morgan fingerprint density at radius 3 is 2.53 bits per heavy atom. The molecule has 84 valence electrons. The molecule has 0 saturated carbocycles. The molecule has 3 nitrogen and oxygen atoms in total. The molecule has 0 saturated heterocycles. The number of anilines is 1. The van der Waals surface area contributed by atoms with Crippen molar-refractivity contribution in [2.24, 2.45) is 0 Å². The van der Waals surface area contributed by atoms with Crippen molar-refractivity contribution in [3.8, 4) is 0 Å². The van der Waals surface area contributed by atoms with Gasteiger partial charge in [0.05, 0.1) is 6.61 Å². The molecule has 0 aromatic heterocycles. The van der Waals surface area contributed by atoms with Gasteiger partial charge < -0.3 is 15.4 Å². The van der Waals surface area contributed by atoms with Crippen molar-refractivity contribution in [3.63, 3.8) is 0 Å². The molecule has 1 aromatic rings. The first-order valence-corrected chi connectivity index (χ1v) is 5.81. The third-order valence-corrected chi connectivity index (χ3v) is 2.49. The summed E-state index contributed by atoms with van der Waals surface area (Å²) in [5, 5.41) is 6.60. The molecule has 0 aliphatic heterocycles. The van der Waals surface area contributed by atoms with Gasteiger partial charge in [-0.1, -0.05) is 15.9 Å². The van der Waals surface area contributed by atoms with E-state index in [2.05, 4.69) is 38.7 Å². The summed E-state index contributed by atoms with van der Waals surface area (Å²) in [6.07, 6.45) is 0. The average Bonchev–Trinajstić information content (AvgIpc) is 2.26. The maximum absolute atomic E-state index is 4.93. The lowest BCUT2D eigenvalue weighted by molar-refractivity contribution is 0.200.